The van der Waals surface area contributed by atoms with Crippen molar-refractivity contribution in [1.29, 1.82) is 0 Å². The molecule has 0 saturated carbocycles. The van der Waals surface area contributed by atoms with Crippen molar-refractivity contribution < 1.29 is 23.1 Å². The van der Waals surface area contributed by atoms with Gasteiger partial charge in [-0.15, -0.1) is 0 Å². The van der Waals surface area contributed by atoms with Crippen LogP contribution in [0.3, 0.4) is 0 Å². The molecule has 1 N–H and O–H groups in total. The first-order chi connectivity index (χ1) is 5.91. The molecule has 0 bridgehead atoms. The SMILES string of the molecule is O=C(O)c1nccc(C(F)(F)F)n1. The number of carboxylic acid groups (broad SMARTS) is 1. The van der Waals surface area contributed by atoms with Crippen molar-refractivity contribution in [2.24, 2.45) is 0 Å². The van der Waals surface area contributed by atoms with Gasteiger partial charge in [0.25, 0.3) is 0 Å². The van der Waals surface area contributed by atoms with Gasteiger partial charge in [0.05, 0.1) is 0 Å². The smallest absolute Gasteiger partial charge is 0.433 e. The van der Waals surface area contributed by atoms with Crippen LogP contribution in [0.5, 0.6) is 0 Å². The van der Waals surface area contributed by atoms with Gasteiger partial charge in [0.2, 0.25) is 5.82 Å². The van der Waals surface area contributed by atoms with Gasteiger partial charge in [-0.05, 0) is 6.07 Å². The molecule has 0 unspecified atom stereocenters. The van der Waals surface area contributed by atoms with E-state index in [1.54, 1.807) is 0 Å². The molecule has 0 aromatic carbocycles. The third-order valence-corrected chi connectivity index (χ3v) is 1.14. The van der Waals surface area contributed by atoms with Crippen LogP contribution in [0.25, 0.3) is 0 Å². The predicted molar refractivity (Wildman–Crippen MR) is 34.0 cm³/mol. The van der Waals surface area contributed by atoms with Gasteiger partial charge < -0.3 is 5.11 Å². The van der Waals surface area contributed by atoms with E-state index in [0.29, 0.717) is 6.07 Å². The molecule has 13 heavy (non-hydrogen) atoms. The molecule has 0 spiro atoms. The number of carbonyl (C=O) groups is 1. The minimum Gasteiger partial charge on any atom is -0.475 e. The minimum absolute atomic E-state index is 0.604. The topological polar surface area (TPSA) is 63.1 Å². The zero-order valence-corrected chi connectivity index (χ0v) is 6.04. The van der Waals surface area contributed by atoms with Crippen LogP contribution in [0, 0.1) is 0 Å². The lowest BCUT2D eigenvalue weighted by Crippen LogP contribution is -2.12. The number of aromatic nitrogens is 2. The van der Waals surface area contributed by atoms with E-state index in [1.165, 1.54) is 0 Å². The molecule has 0 aliphatic rings. The molecule has 0 aliphatic carbocycles. The third-order valence-electron chi connectivity index (χ3n) is 1.14. The van der Waals surface area contributed by atoms with Crippen LogP contribution in [0.15, 0.2) is 12.3 Å². The summed E-state index contributed by atoms with van der Waals surface area (Å²) in [7, 11) is 0. The van der Waals surface area contributed by atoms with Crippen molar-refractivity contribution in [3.63, 3.8) is 0 Å². The van der Waals surface area contributed by atoms with Crippen LogP contribution in [0.1, 0.15) is 16.3 Å². The zero-order chi connectivity index (χ0) is 10.1. The van der Waals surface area contributed by atoms with E-state index in [1.807, 2.05) is 0 Å². The fraction of sp³-hybridized carbons (Fsp3) is 0.167. The highest BCUT2D eigenvalue weighted by molar-refractivity contribution is 5.82. The second kappa shape index (κ2) is 3.00. The molecule has 4 nitrogen and oxygen atoms in total. The van der Waals surface area contributed by atoms with Gasteiger partial charge in [-0.1, -0.05) is 0 Å². The van der Waals surface area contributed by atoms with Gasteiger partial charge in [0.15, 0.2) is 0 Å². The number of hydrogen-bond donors (Lipinski definition) is 1. The number of carboxylic acids is 1. The maximum atomic E-state index is 11.9. The quantitative estimate of drug-likeness (QED) is 0.725. The highest BCUT2D eigenvalue weighted by Gasteiger charge is 2.33. The van der Waals surface area contributed by atoms with Gasteiger partial charge in [0, 0.05) is 6.20 Å². The summed E-state index contributed by atoms with van der Waals surface area (Å²) in [5.74, 6) is -2.46. The predicted octanol–water partition coefficient (Wildman–Crippen LogP) is 1.19. The average molecular weight is 192 g/mol. The molecular formula is C6H3F3N2O2. The Morgan fingerprint density at radius 1 is 1.46 bits per heavy atom. The summed E-state index contributed by atoms with van der Waals surface area (Å²) in [6, 6.07) is 0.604. The van der Waals surface area contributed by atoms with Crippen LogP contribution in [-0.4, -0.2) is 21.0 Å². The summed E-state index contributed by atoms with van der Waals surface area (Å²) < 4.78 is 35.8. The number of nitrogens with zero attached hydrogens (tertiary/aromatic N) is 2. The van der Waals surface area contributed by atoms with E-state index < -0.39 is 23.7 Å². The van der Waals surface area contributed by atoms with Crippen molar-refractivity contribution in [3.05, 3.63) is 23.8 Å². The molecule has 1 aromatic heterocycles. The summed E-state index contributed by atoms with van der Waals surface area (Å²) in [4.78, 5) is 16.1. The Hall–Kier alpha value is -1.66. The zero-order valence-electron chi connectivity index (χ0n) is 6.04. The van der Waals surface area contributed by atoms with Crippen LogP contribution in [0.2, 0.25) is 0 Å². The van der Waals surface area contributed by atoms with Gasteiger partial charge in [0.1, 0.15) is 5.69 Å². The first kappa shape index (κ1) is 9.43. The second-order valence-electron chi connectivity index (χ2n) is 2.07. The third kappa shape index (κ3) is 2.14. The molecule has 0 saturated heterocycles. The maximum absolute atomic E-state index is 11.9. The Labute approximate surface area is 70.1 Å². The van der Waals surface area contributed by atoms with Crippen molar-refractivity contribution >= 4 is 5.97 Å². The summed E-state index contributed by atoms with van der Waals surface area (Å²) in [6.07, 6.45) is -3.90. The summed E-state index contributed by atoms with van der Waals surface area (Å²) in [5.41, 5.74) is -1.26. The largest absolute Gasteiger partial charge is 0.475 e. The molecular weight excluding hydrogens is 189 g/mol. The molecule has 0 radical (unpaired) electrons. The van der Waals surface area contributed by atoms with Crippen molar-refractivity contribution in [2.75, 3.05) is 0 Å². The highest BCUT2D eigenvalue weighted by Crippen LogP contribution is 2.26. The molecule has 1 rings (SSSR count). The normalized spacial score (nSPS) is 11.3. The van der Waals surface area contributed by atoms with Crippen LogP contribution >= 0.6 is 0 Å². The lowest BCUT2D eigenvalue weighted by Gasteiger charge is -2.04. The number of alkyl halides is 3. The lowest BCUT2D eigenvalue weighted by molar-refractivity contribution is -0.141. The fourth-order valence-corrected chi connectivity index (χ4v) is 0.620. The van der Waals surface area contributed by atoms with Crippen LogP contribution in [-0.2, 0) is 6.18 Å². The summed E-state index contributed by atoms with van der Waals surface area (Å²) >= 11 is 0. The van der Waals surface area contributed by atoms with Crippen molar-refractivity contribution in [1.82, 2.24) is 9.97 Å². The Balaban J connectivity index is 3.13. The minimum atomic E-state index is -4.65. The lowest BCUT2D eigenvalue weighted by atomic mass is 10.4. The number of aromatic carboxylic acids is 1. The standard InChI is InChI=1S/C6H3F3N2O2/c7-6(8,9)3-1-2-10-4(11-3)5(12)13/h1-2H,(H,12,13). The first-order valence-corrected chi connectivity index (χ1v) is 3.05. The Morgan fingerprint density at radius 2 is 2.08 bits per heavy atom. The Morgan fingerprint density at radius 3 is 2.54 bits per heavy atom. The number of halogens is 3. The molecule has 1 heterocycles. The van der Waals surface area contributed by atoms with E-state index in [0.717, 1.165) is 6.20 Å². The number of hydrogen-bond acceptors (Lipinski definition) is 3. The first-order valence-electron chi connectivity index (χ1n) is 3.05. The van der Waals surface area contributed by atoms with Gasteiger partial charge in [-0.25, -0.2) is 14.8 Å². The van der Waals surface area contributed by atoms with E-state index in [9.17, 15) is 18.0 Å². The molecule has 0 amide bonds. The molecule has 0 aliphatic heterocycles. The summed E-state index contributed by atoms with van der Waals surface area (Å²) in [6.45, 7) is 0. The van der Waals surface area contributed by atoms with E-state index >= 15 is 0 Å². The number of rotatable bonds is 1. The Bertz CT molecular complexity index is 337. The molecule has 0 atom stereocenters. The maximum Gasteiger partial charge on any atom is 0.433 e. The van der Waals surface area contributed by atoms with Crippen LogP contribution in [0.4, 0.5) is 13.2 Å². The van der Waals surface area contributed by atoms with Gasteiger partial charge in [-0.3, -0.25) is 0 Å². The summed E-state index contributed by atoms with van der Waals surface area (Å²) in [5, 5.41) is 8.28. The van der Waals surface area contributed by atoms with Gasteiger partial charge >= 0.3 is 12.1 Å². The van der Waals surface area contributed by atoms with E-state index in [2.05, 4.69) is 9.97 Å². The van der Waals surface area contributed by atoms with Gasteiger partial charge in [-0.2, -0.15) is 13.2 Å². The van der Waals surface area contributed by atoms with Crippen molar-refractivity contribution in [3.8, 4) is 0 Å². The Kier molecular flexibility index (Phi) is 2.18. The molecule has 1 aromatic rings. The van der Waals surface area contributed by atoms with E-state index in [4.69, 9.17) is 5.11 Å². The highest BCUT2D eigenvalue weighted by atomic mass is 19.4. The van der Waals surface area contributed by atoms with Crippen molar-refractivity contribution in [2.45, 2.75) is 6.18 Å². The second-order valence-corrected chi connectivity index (χ2v) is 2.07. The van der Waals surface area contributed by atoms with E-state index in [-0.39, 0.29) is 0 Å². The average Bonchev–Trinajstić information content (AvgIpc) is 2.03. The molecule has 0 fully saturated rings. The monoisotopic (exact) mass is 192 g/mol. The van der Waals surface area contributed by atoms with Crippen LogP contribution < -0.4 is 0 Å². The molecule has 70 valence electrons. The fourth-order valence-electron chi connectivity index (χ4n) is 0.620. The molecule has 7 heteroatoms.